The number of pyridine rings is 1. The van der Waals surface area contributed by atoms with E-state index in [1.165, 1.54) is 36.4 Å². The van der Waals surface area contributed by atoms with Crippen LogP contribution in [-0.4, -0.2) is 18.3 Å². The summed E-state index contributed by atoms with van der Waals surface area (Å²) >= 11 is 5.59. The Balaban J connectivity index is 2.08. The Kier molecular flexibility index (Phi) is 4.51. The largest absolute Gasteiger partial charge is 0.269 e. The lowest BCUT2D eigenvalue weighted by molar-refractivity contribution is -0.384. The molecule has 0 atom stereocenters. The second kappa shape index (κ2) is 6.17. The average molecular weight is 328 g/mol. The van der Waals surface area contributed by atoms with E-state index in [1.807, 2.05) is 0 Å². The van der Waals surface area contributed by atoms with Gasteiger partial charge in [0.1, 0.15) is 10.0 Å². The number of hydrogen-bond donors (Lipinski definition) is 1. The van der Waals surface area contributed by atoms with Crippen LogP contribution >= 0.6 is 11.6 Å². The Morgan fingerprint density at radius 3 is 2.38 bits per heavy atom. The van der Waals surface area contributed by atoms with Crippen LogP contribution in [0.1, 0.15) is 5.56 Å². The van der Waals surface area contributed by atoms with Crippen molar-refractivity contribution in [2.45, 2.75) is 11.4 Å². The van der Waals surface area contributed by atoms with E-state index in [9.17, 15) is 18.5 Å². The Morgan fingerprint density at radius 1 is 1.19 bits per heavy atom. The molecule has 1 heterocycles. The Labute approximate surface area is 125 Å². The highest BCUT2D eigenvalue weighted by Gasteiger charge is 2.14. The number of benzene rings is 1. The molecule has 0 aliphatic carbocycles. The molecule has 0 bridgehead atoms. The smallest absolute Gasteiger partial charge is 0.258 e. The maximum absolute atomic E-state index is 12.0. The number of aromatic nitrogens is 1. The summed E-state index contributed by atoms with van der Waals surface area (Å²) in [5, 5.41) is 10.7. The van der Waals surface area contributed by atoms with Crippen LogP contribution in [0.4, 0.5) is 5.69 Å². The summed E-state index contributed by atoms with van der Waals surface area (Å²) in [6.45, 7) is 0.0168. The van der Waals surface area contributed by atoms with E-state index in [0.717, 1.165) is 6.20 Å². The summed E-state index contributed by atoms with van der Waals surface area (Å²) in [6.07, 6.45) is 1.15. The predicted molar refractivity (Wildman–Crippen MR) is 76.4 cm³/mol. The SMILES string of the molecule is O=[N+]([O-])c1ccc(CNS(=O)(=O)c2ccc(Cl)nc2)cc1. The average Bonchev–Trinajstić information content (AvgIpc) is 2.46. The summed E-state index contributed by atoms with van der Waals surface area (Å²) in [7, 11) is -3.71. The van der Waals surface area contributed by atoms with Crippen LogP contribution in [0.5, 0.6) is 0 Å². The second-order valence-corrected chi connectivity index (χ2v) is 6.22. The van der Waals surface area contributed by atoms with Crippen molar-refractivity contribution in [1.82, 2.24) is 9.71 Å². The molecule has 0 amide bonds. The number of nitrogens with one attached hydrogen (secondary N) is 1. The number of nitro benzene ring substituents is 1. The first-order chi connectivity index (χ1) is 9.88. The van der Waals surface area contributed by atoms with Gasteiger partial charge in [0.15, 0.2) is 0 Å². The molecular weight excluding hydrogens is 318 g/mol. The van der Waals surface area contributed by atoms with E-state index in [-0.39, 0.29) is 22.3 Å². The first-order valence-corrected chi connectivity index (χ1v) is 7.59. The molecule has 0 aliphatic rings. The molecule has 0 saturated carbocycles. The highest BCUT2D eigenvalue weighted by Crippen LogP contribution is 2.14. The van der Waals surface area contributed by atoms with Gasteiger partial charge in [0, 0.05) is 24.9 Å². The van der Waals surface area contributed by atoms with Crippen LogP contribution in [0.2, 0.25) is 5.15 Å². The number of nitrogens with zero attached hydrogens (tertiary/aromatic N) is 2. The van der Waals surface area contributed by atoms with Crippen molar-refractivity contribution < 1.29 is 13.3 Å². The maximum atomic E-state index is 12.0. The third-order valence-corrected chi connectivity index (χ3v) is 4.23. The van der Waals surface area contributed by atoms with Crippen molar-refractivity contribution in [3.63, 3.8) is 0 Å². The number of nitro groups is 1. The molecule has 2 rings (SSSR count). The standard InChI is InChI=1S/C12H10ClN3O4S/c13-12-6-5-11(8-14-12)21(19,20)15-7-9-1-3-10(4-2-9)16(17)18/h1-6,8,15H,7H2. The van der Waals surface area contributed by atoms with Crippen LogP contribution in [-0.2, 0) is 16.6 Å². The van der Waals surface area contributed by atoms with Gasteiger partial charge in [-0.05, 0) is 17.7 Å². The highest BCUT2D eigenvalue weighted by molar-refractivity contribution is 7.89. The van der Waals surface area contributed by atoms with Crippen molar-refractivity contribution in [3.8, 4) is 0 Å². The topological polar surface area (TPSA) is 102 Å². The zero-order valence-electron chi connectivity index (χ0n) is 10.6. The van der Waals surface area contributed by atoms with E-state index in [2.05, 4.69) is 9.71 Å². The lowest BCUT2D eigenvalue weighted by Gasteiger charge is -2.06. The molecule has 0 radical (unpaired) electrons. The van der Waals surface area contributed by atoms with Crippen molar-refractivity contribution >= 4 is 27.3 Å². The fourth-order valence-corrected chi connectivity index (χ4v) is 2.59. The van der Waals surface area contributed by atoms with Gasteiger partial charge in [-0.1, -0.05) is 23.7 Å². The molecule has 21 heavy (non-hydrogen) atoms. The summed E-state index contributed by atoms with van der Waals surface area (Å²) in [4.78, 5) is 13.7. The van der Waals surface area contributed by atoms with Gasteiger partial charge in [0.2, 0.25) is 10.0 Å². The first kappa shape index (κ1) is 15.4. The molecule has 7 nitrogen and oxygen atoms in total. The first-order valence-electron chi connectivity index (χ1n) is 5.73. The van der Waals surface area contributed by atoms with Crippen LogP contribution < -0.4 is 4.72 Å². The molecule has 0 saturated heterocycles. The van der Waals surface area contributed by atoms with Gasteiger partial charge in [-0.25, -0.2) is 18.1 Å². The molecule has 1 aromatic heterocycles. The third-order valence-electron chi connectivity index (χ3n) is 2.62. The zero-order valence-corrected chi connectivity index (χ0v) is 12.1. The zero-order chi connectivity index (χ0) is 15.5. The van der Waals surface area contributed by atoms with E-state index in [1.54, 1.807) is 0 Å². The fraction of sp³-hybridized carbons (Fsp3) is 0.0833. The van der Waals surface area contributed by atoms with Gasteiger partial charge >= 0.3 is 0 Å². The minimum atomic E-state index is -3.71. The summed E-state index contributed by atoms with van der Waals surface area (Å²) in [6, 6.07) is 8.32. The summed E-state index contributed by atoms with van der Waals surface area (Å²) in [5.41, 5.74) is 0.551. The highest BCUT2D eigenvalue weighted by atomic mass is 35.5. The lowest BCUT2D eigenvalue weighted by Crippen LogP contribution is -2.23. The Bertz CT molecular complexity index is 745. The molecule has 1 aromatic carbocycles. The minimum absolute atomic E-state index is 0.00573. The van der Waals surface area contributed by atoms with Gasteiger partial charge < -0.3 is 0 Å². The maximum Gasteiger partial charge on any atom is 0.269 e. The summed E-state index contributed by atoms with van der Waals surface area (Å²) < 4.78 is 26.4. The summed E-state index contributed by atoms with van der Waals surface area (Å²) in [5.74, 6) is 0. The predicted octanol–water partition coefficient (Wildman–Crippen LogP) is 2.12. The van der Waals surface area contributed by atoms with Crippen molar-refractivity contribution in [2.24, 2.45) is 0 Å². The van der Waals surface area contributed by atoms with Crippen LogP contribution in [0.25, 0.3) is 0 Å². The van der Waals surface area contributed by atoms with Crippen LogP contribution in [0.15, 0.2) is 47.5 Å². The van der Waals surface area contributed by atoms with Crippen molar-refractivity contribution in [2.75, 3.05) is 0 Å². The number of halogens is 1. The lowest BCUT2D eigenvalue weighted by atomic mass is 10.2. The van der Waals surface area contributed by atoms with Gasteiger partial charge in [-0.2, -0.15) is 0 Å². The van der Waals surface area contributed by atoms with E-state index >= 15 is 0 Å². The molecule has 0 aliphatic heterocycles. The quantitative estimate of drug-likeness (QED) is 0.515. The number of sulfonamides is 1. The van der Waals surface area contributed by atoms with Crippen LogP contribution in [0.3, 0.4) is 0 Å². The molecule has 9 heteroatoms. The van der Waals surface area contributed by atoms with Crippen molar-refractivity contribution in [1.29, 1.82) is 0 Å². The molecule has 0 fully saturated rings. The second-order valence-electron chi connectivity index (χ2n) is 4.06. The van der Waals surface area contributed by atoms with Gasteiger partial charge in [0.25, 0.3) is 5.69 Å². The number of hydrogen-bond acceptors (Lipinski definition) is 5. The van der Waals surface area contributed by atoms with Gasteiger partial charge in [0.05, 0.1) is 4.92 Å². The molecular formula is C12H10ClN3O4S. The monoisotopic (exact) mass is 327 g/mol. The number of non-ortho nitro benzene ring substituents is 1. The Hall–Kier alpha value is -2.03. The molecule has 0 spiro atoms. The molecule has 2 aromatic rings. The molecule has 1 N–H and O–H groups in total. The van der Waals surface area contributed by atoms with E-state index in [4.69, 9.17) is 11.6 Å². The van der Waals surface area contributed by atoms with Crippen molar-refractivity contribution in [3.05, 3.63) is 63.4 Å². The number of rotatable bonds is 5. The van der Waals surface area contributed by atoms with Crippen LogP contribution in [0, 0.1) is 10.1 Å². The van der Waals surface area contributed by atoms with E-state index < -0.39 is 14.9 Å². The van der Waals surface area contributed by atoms with Gasteiger partial charge in [-0.15, -0.1) is 0 Å². The Morgan fingerprint density at radius 2 is 1.86 bits per heavy atom. The molecule has 110 valence electrons. The van der Waals surface area contributed by atoms with E-state index in [0.29, 0.717) is 5.56 Å². The fourth-order valence-electron chi connectivity index (χ4n) is 1.52. The molecule has 0 unspecified atom stereocenters. The minimum Gasteiger partial charge on any atom is -0.258 e. The normalized spacial score (nSPS) is 11.3. The van der Waals surface area contributed by atoms with Gasteiger partial charge in [-0.3, -0.25) is 10.1 Å². The third kappa shape index (κ3) is 3.97.